The number of fused-ring (bicyclic) bond motifs is 2. The summed E-state index contributed by atoms with van der Waals surface area (Å²) >= 11 is 0. The van der Waals surface area contributed by atoms with Crippen LogP contribution in [-0.2, 0) is 4.79 Å². The summed E-state index contributed by atoms with van der Waals surface area (Å²) in [7, 11) is 1.52. The van der Waals surface area contributed by atoms with Crippen LogP contribution in [0, 0.1) is 0 Å². The third-order valence-corrected chi connectivity index (χ3v) is 5.57. The summed E-state index contributed by atoms with van der Waals surface area (Å²) in [6, 6.07) is 28.3. The predicted octanol–water partition coefficient (Wildman–Crippen LogP) is 4.39. The van der Waals surface area contributed by atoms with Gasteiger partial charge in [0.25, 0.3) is 11.8 Å². The SMILES string of the molecule is COc1cc2ccccc2cc1C(=O)NC1N=C(c2ccccc2)c2ccccc2NC1=O. The lowest BCUT2D eigenvalue weighted by atomic mass is 10.0. The fourth-order valence-corrected chi connectivity index (χ4v) is 3.95. The summed E-state index contributed by atoms with van der Waals surface area (Å²) in [6.07, 6.45) is -1.11. The molecule has 5 rings (SSSR count). The number of hydrogen-bond donors (Lipinski definition) is 2. The van der Waals surface area contributed by atoms with E-state index in [9.17, 15) is 9.59 Å². The lowest BCUT2D eigenvalue weighted by Gasteiger charge is -2.15. The molecule has 6 nitrogen and oxygen atoms in total. The van der Waals surface area contributed by atoms with E-state index in [0.29, 0.717) is 22.7 Å². The van der Waals surface area contributed by atoms with Gasteiger partial charge in [0.2, 0.25) is 6.17 Å². The second kappa shape index (κ2) is 8.59. The fraction of sp³-hybridized carbons (Fsp3) is 0.0741. The van der Waals surface area contributed by atoms with Crippen LogP contribution in [0.25, 0.3) is 10.8 Å². The molecular formula is C27H21N3O3. The topological polar surface area (TPSA) is 79.8 Å². The maximum atomic E-state index is 13.3. The highest BCUT2D eigenvalue weighted by Crippen LogP contribution is 2.27. The van der Waals surface area contributed by atoms with E-state index in [0.717, 1.165) is 21.9 Å². The molecule has 0 radical (unpaired) electrons. The minimum absolute atomic E-state index is 0.335. The molecule has 6 heteroatoms. The summed E-state index contributed by atoms with van der Waals surface area (Å²) in [5.41, 5.74) is 3.24. The van der Waals surface area contributed by atoms with E-state index in [2.05, 4.69) is 15.6 Å². The number of hydrogen-bond acceptors (Lipinski definition) is 4. The van der Waals surface area contributed by atoms with E-state index < -0.39 is 18.0 Å². The molecule has 0 saturated heterocycles. The standard InChI is InChI=1S/C27H21N3O3/c1-33-23-16-19-12-6-5-11-18(19)15-21(23)26(31)30-25-27(32)28-22-14-8-7-13-20(22)24(29-25)17-9-3-2-4-10-17/h2-16,25H,1H3,(H,28,32)(H,30,31). The van der Waals surface area contributed by atoms with Crippen LogP contribution in [0.3, 0.4) is 0 Å². The zero-order chi connectivity index (χ0) is 22.8. The van der Waals surface area contributed by atoms with Gasteiger partial charge in [-0.25, -0.2) is 4.99 Å². The van der Waals surface area contributed by atoms with Crippen molar-refractivity contribution in [3.63, 3.8) is 0 Å². The lowest BCUT2D eigenvalue weighted by molar-refractivity contribution is -0.117. The highest BCUT2D eigenvalue weighted by molar-refractivity contribution is 6.20. The Labute approximate surface area is 190 Å². The van der Waals surface area contributed by atoms with Crippen LogP contribution in [-0.4, -0.2) is 30.8 Å². The van der Waals surface area contributed by atoms with E-state index in [1.807, 2.05) is 84.9 Å². The van der Waals surface area contributed by atoms with Crippen LogP contribution < -0.4 is 15.4 Å². The largest absolute Gasteiger partial charge is 0.496 e. The summed E-state index contributed by atoms with van der Waals surface area (Å²) in [6.45, 7) is 0. The maximum absolute atomic E-state index is 13.3. The molecule has 1 aliphatic heterocycles. The van der Waals surface area contributed by atoms with Gasteiger partial charge in [-0.05, 0) is 29.0 Å². The van der Waals surface area contributed by atoms with Crippen molar-refractivity contribution in [3.05, 3.63) is 108 Å². The van der Waals surface area contributed by atoms with Crippen molar-refractivity contribution in [1.82, 2.24) is 5.32 Å². The zero-order valence-electron chi connectivity index (χ0n) is 17.9. The van der Waals surface area contributed by atoms with Crippen molar-refractivity contribution in [3.8, 4) is 5.75 Å². The maximum Gasteiger partial charge on any atom is 0.269 e. The number of rotatable bonds is 4. The first-order chi connectivity index (χ1) is 16.1. The number of benzene rings is 4. The molecule has 1 aliphatic rings. The molecule has 1 heterocycles. The van der Waals surface area contributed by atoms with Gasteiger partial charge in [-0.3, -0.25) is 9.59 Å². The molecule has 0 fully saturated rings. The van der Waals surface area contributed by atoms with Crippen LogP contribution in [0.4, 0.5) is 5.69 Å². The van der Waals surface area contributed by atoms with Crippen molar-refractivity contribution in [1.29, 1.82) is 0 Å². The molecule has 33 heavy (non-hydrogen) atoms. The van der Waals surface area contributed by atoms with Crippen molar-refractivity contribution in [2.75, 3.05) is 12.4 Å². The molecule has 1 atom stereocenters. The van der Waals surface area contributed by atoms with Crippen molar-refractivity contribution in [2.24, 2.45) is 4.99 Å². The van der Waals surface area contributed by atoms with Crippen molar-refractivity contribution >= 4 is 34.0 Å². The number of methoxy groups -OCH3 is 1. The number of amides is 2. The highest BCUT2D eigenvalue weighted by atomic mass is 16.5. The molecule has 1 unspecified atom stereocenters. The molecule has 2 N–H and O–H groups in total. The number of carbonyl (C=O) groups is 2. The molecule has 0 saturated carbocycles. The van der Waals surface area contributed by atoms with E-state index in [1.165, 1.54) is 7.11 Å². The van der Waals surface area contributed by atoms with Crippen molar-refractivity contribution in [2.45, 2.75) is 6.17 Å². The Bertz CT molecular complexity index is 1400. The Morgan fingerprint density at radius 3 is 2.33 bits per heavy atom. The predicted molar refractivity (Wildman–Crippen MR) is 129 cm³/mol. The molecule has 0 spiro atoms. The van der Waals surface area contributed by atoms with Gasteiger partial charge in [-0.1, -0.05) is 72.8 Å². The van der Waals surface area contributed by atoms with Gasteiger partial charge in [-0.15, -0.1) is 0 Å². The Hall–Kier alpha value is -4.45. The molecule has 0 aromatic heterocycles. The van der Waals surface area contributed by atoms with Crippen LogP contribution in [0.2, 0.25) is 0 Å². The summed E-state index contributed by atoms with van der Waals surface area (Å²) in [5.74, 6) is -0.433. The van der Waals surface area contributed by atoms with Crippen LogP contribution in [0.1, 0.15) is 21.5 Å². The molecule has 0 aliphatic carbocycles. The van der Waals surface area contributed by atoms with E-state index in [1.54, 1.807) is 6.07 Å². The van der Waals surface area contributed by atoms with Gasteiger partial charge in [-0.2, -0.15) is 0 Å². The second-order valence-corrected chi connectivity index (χ2v) is 7.65. The van der Waals surface area contributed by atoms with E-state index >= 15 is 0 Å². The van der Waals surface area contributed by atoms with Gasteiger partial charge < -0.3 is 15.4 Å². The average Bonchev–Trinajstić information content (AvgIpc) is 2.99. The molecule has 4 aromatic carbocycles. The number of nitrogens with zero attached hydrogens (tertiary/aromatic N) is 1. The number of aliphatic imine (C=N–C) groups is 1. The smallest absolute Gasteiger partial charge is 0.269 e. The molecule has 2 amide bonds. The first-order valence-electron chi connectivity index (χ1n) is 10.5. The minimum Gasteiger partial charge on any atom is -0.496 e. The van der Waals surface area contributed by atoms with E-state index in [4.69, 9.17) is 4.74 Å². The first kappa shape index (κ1) is 20.5. The van der Waals surface area contributed by atoms with Gasteiger partial charge >= 0.3 is 0 Å². The minimum atomic E-state index is -1.11. The molecule has 162 valence electrons. The number of benzodiazepines with no additional fused rings is 1. The van der Waals surface area contributed by atoms with Gasteiger partial charge in [0.15, 0.2) is 0 Å². The Kier molecular flexibility index (Phi) is 5.32. The van der Waals surface area contributed by atoms with Crippen molar-refractivity contribution < 1.29 is 14.3 Å². The van der Waals surface area contributed by atoms with Gasteiger partial charge in [0.1, 0.15) is 5.75 Å². The number of nitrogens with one attached hydrogen (secondary N) is 2. The molecule has 0 bridgehead atoms. The molecule has 4 aromatic rings. The Morgan fingerprint density at radius 2 is 1.58 bits per heavy atom. The van der Waals surface area contributed by atoms with E-state index in [-0.39, 0.29) is 0 Å². The quantitative estimate of drug-likeness (QED) is 0.499. The fourth-order valence-electron chi connectivity index (χ4n) is 3.95. The third-order valence-electron chi connectivity index (χ3n) is 5.57. The van der Waals surface area contributed by atoms with Gasteiger partial charge in [0, 0.05) is 11.1 Å². The number of carbonyl (C=O) groups excluding carboxylic acids is 2. The molecular weight excluding hydrogens is 414 g/mol. The van der Waals surface area contributed by atoms with Crippen LogP contribution in [0.5, 0.6) is 5.75 Å². The van der Waals surface area contributed by atoms with Crippen LogP contribution in [0.15, 0.2) is 96.0 Å². The third kappa shape index (κ3) is 3.94. The highest BCUT2D eigenvalue weighted by Gasteiger charge is 2.28. The average molecular weight is 435 g/mol. The van der Waals surface area contributed by atoms with Crippen LogP contribution >= 0.6 is 0 Å². The summed E-state index contributed by atoms with van der Waals surface area (Å²) < 4.78 is 5.46. The lowest BCUT2D eigenvalue weighted by Crippen LogP contribution is -2.42. The zero-order valence-corrected chi connectivity index (χ0v) is 17.9. The number of ether oxygens (including phenoxy) is 1. The second-order valence-electron chi connectivity index (χ2n) is 7.65. The summed E-state index contributed by atoms with van der Waals surface area (Å²) in [5, 5.41) is 7.52. The van der Waals surface area contributed by atoms with Gasteiger partial charge in [0.05, 0.1) is 24.1 Å². The normalized spacial score (nSPS) is 15.1. The first-order valence-corrected chi connectivity index (χ1v) is 10.5. The summed E-state index contributed by atoms with van der Waals surface area (Å²) in [4.78, 5) is 31.0. The Balaban J connectivity index is 1.55. The number of anilines is 1. The monoisotopic (exact) mass is 435 g/mol. The number of para-hydroxylation sites is 1. The Morgan fingerprint density at radius 1 is 0.909 bits per heavy atom.